The van der Waals surface area contributed by atoms with Crippen LogP contribution in [0, 0.1) is 5.41 Å². The Labute approximate surface area is 132 Å². The highest BCUT2D eigenvalue weighted by Crippen LogP contribution is 2.34. The average molecular weight is 355 g/mol. The van der Waals surface area contributed by atoms with Gasteiger partial charge in [0.05, 0.1) is 5.41 Å². The van der Waals surface area contributed by atoms with Gasteiger partial charge in [0.25, 0.3) is 5.91 Å². The van der Waals surface area contributed by atoms with E-state index in [-0.39, 0.29) is 12.5 Å². The molecule has 0 bridgehead atoms. The molecule has 0 saturated heterocycles. The third-order valence-corrected chi connectivity index (χ3v) is 4.53. The van der Waals surface area contributed by atoms with Crippen molar-refractivity contribution in [2.24, 2.45) is 5.41 Å². The van der Waals surface area contributed by atoms with Gasteiger partial charge in [0.15, 0.2) is 0 Å². The fourth-order valence-electron chi connectivity index (χ4n) is 2.72. The summed E-state index contributed by atoms with van der Waals surface area (Å²) in [6, 6.07) is 3.35. The van der Waals surface area contributed by atoms with Gasteiger partial charge in [-0.2, -0.15) is 0 Å². The standard InChI is InChI=1S/C15H19BrN2O3/c16-11-5-6-12(17-9-11)13(19)18-10-15(14(20)21)7-3-1-2-4-8-15/h5-6,9H,1-4,7-8,10H2,(H,18,19)(H,20,21). The van der Waals surface area contributed by atoms with Crippen LogP contribution in [0.25, 0.3) is 0 Å². The van der Waals surface area contributed by atoms with E-state index in [0.29, 0.717) is 18.5 Å². The third kappa shape index (κ3) is 4.03. The second-order valence-electron chi connectivity index (χ2n) is 5.54. The lowest BCUT2D eigenvalue weighted by Crippen LogP contribution is -2.43. The molecule has 1 heterocycles. The summed E-state index contributed by atoms with van der Waals surface area (Å²) in [5, 5.41) is 12.3. The van der Waals surface area contributed by atoms with E-state index in [9.17, 15) is 14.7 Å². The van der Waals surface area contributed by atoms with E-state index in [1.165, 1.54) is 0 Å². The quantitative estimate of drug-likeness (QED) is 0.814. The van der Waals surface area contributed by atoms with E-state index in [2.05, 4.69) is 26.2 Å². The number of aromatic nitrogens is 1. The highest BCUT2D eigenvalue weighted by atomic mass is 79.9. The Bertz CT molecular complexity index is 508. The predicted molar refractivity (Wildman–Crippen MR) is 82.0 cm³/mol. The maximum Gasteiger partial charge on any atom is 0.311 e. The summed E-state index contributed by atoms with van der Waals surface area (Å²) >= 11 is 3.26. The van der Waals surface area contributed by atoms with Gasteiger partial charge in [-0.1, -0.05) is 25.7 Å². The summed E-state index contributed by atoms with van der Waals surface area (Å²) in [5.74, 6) is -1.14. The molecule has 1 fully saturated rings. The zero-order valence-corrected chi connectivity index (χ0v) is 13.4. The maximum atomic E-state index is 12.1. The van der Waals surface area contributed by atoms with Gasteiger partial charge in [0.2, 0.25) is 0 Å². The first-order valence-electron chi connectivity index (χ1n) is 7.17. The van der Waals surface area contributed by atoms with E-state index in [1.807, 2.05) is 0 Å². The number of nitrogens with zero attached hydrogens (tertiary/aromatic N) is 1. The van der Waals surface area contributed by atoms with Crippen molar-refractivity contribution in [2.75, 3.05) is 6.54 Å². The average Bonchev–Trinajstić information content (AvgIpc) is 2.72. The third-order valence-electron chi connectivity index (χ3n) is 4.06. The summed E-state index contributed by atoms with van der Waals surface area (Å²) in [5.41, 5.74) is -0.533. The number of amides is 1. The number of hydrogen-bond acceptors (Lipinski definition) is 3. The summed E-state index contributed by atoms with van der Waals surface area (Å²) in [7, 11) is 0. The lowest BCUT2D eigenvalue weighted by Gasteiger charge is -2.28. The molecular formula is C15H19BrN2O3. The Morgan fingerprint density at radius 3 is 2.43 bits per heavy atom. The fraction of sp³-hybridized carbons (Fsp3) is 0.533. The van der Waals surface area contributed by atoms with Crippen LogP contribution in [0.3, 0.4) is 0 Å². The van der Waals surface area contributed by atoms with Crippen molar-refractivity contribution in [2.45, 2.75) is 38.5 Å². The van der Waals surface area contributed by atoms with E-state index < -0.39 is 11.4 Å². The van der Waals surface area contributed by atoms with Crippen molar-refractivity contribution in [1.82, 2.24) is 10.3 Å². The Hall–Kier alpha value is -1.43. The molecule has 1 saturated carbocycles. The number of carboxylic acid groups (broad SMARTS) is 1. The van der Waals surface area contributed by atoms with Crippen LogP contribution in [0.1, 0.15) is 49.0 Å². The van der Waals surface area contributed by atoms with Crippen LogP contribution in [-0.4, -0.2) is 28.5 Å². The summed E-state index contributed by atoms with van der Waals surface area (Å²) < 4.78 is 0.796. The van der Waals surface area contributed by atoms with Gasteiger partial charge < -0.3 is 10.4 Å². The normalized spacial score (nSPS) is 17.8. The molecule has 1 aliphatic rings. The Morgan fingerprint density at radius 2 is 1.90 bits per heavy atom. The molecule has 1 aromatic heterocycles. The first-order chi connectivity index (χ1) is 10.0. The van der Waals surface area contributed by atoms with Gasteiger partial charge in [-0.15, -0.1) is 0 Å². The molecule has 0 aliphatic heterocycles. The number of aliphatic carboxylic acids is 1. The zero-order chi connectivity index (χ0) is 15.3. The number of carbonyl (C=O) groups excluding carboxylic acids is 1. The van der Waals surface area contributed by atoms with Gasteiger partial charge in [0.1, 0.15) is 5.69 Å². The summed E-state index contributed by atoms with van der Waals surface area (Å²) in [4.78, 5) is 27.7. The highest BCUT2D eigenvalue weighted by Gasteiger charge is 2.38. The molecule has 0 spiro atoms. The molecule has 114 valence electrons. The molecule has 6 heteroatoms. The first-order valence-corrected chi connectivity index (χ1v) is 7.96. The van der Waals surface area contributed by atoms with Crippen LogP contribution in [0.15, 0.2) is 22.8 Å². The Kier molecular flexibility index (Phi) is 5.33. The lowest BCUT2D eigenvalue weighted by atomic mass is 9.80. The topological polar surface area (TPSA) is 79.3 Å². The van der Waals surface area contributed by atoms with Crippen molar-refractivity contribution in [1.29, 1.82) is 0 Å². The number of halogens is 1. The molecule has 1 aliphatic carbocycles. The summed E-state index contributed by atoms with van der Waals surface area (Å²) in [6.45, 7) is 0.166. The van der Waals surface area contributed by atoms with Gasteiger partial charge in [-0.3, -0.25) is 9.59 Å². The number of carboxylic acids is 1. The van der Waals surface area contributed by atoms with Crippen LogP contribution in [0.4, 0.5) is 0 Å². The van der Waals surface area contributed by atoms with Crippen LogP contribution >= 0.6 is 15.9 Å². The van der Waals surface area contributed by atoms with Crippen molar-refractivity contribution in [3.05, 3.63) is 28.5 Å². The molecule has 0 unspecified atom stereocenters. The second kappa shape index (κ2) is 7.02. The maximum absolute atomic E-state index is 12.1. The lowest BCUT2D eigenvalue weighted by molar-refractivity contribution is -0.149. The van der Waals surface area contributed by atoms with Crippen LogP contribution in [-0.2, 0) is 4.79 Å². The Balaban J connectivity index is 2.02. The van der Waals surface area contributed by atoms with Crippen molar-refractivity contribution >= 4 is 27.8 Å². The molecule has 0 radical (unpaired) electrons. The van der Waals surface area contributed by atoms with Gasteiger partial charge in [-0.25, -0.2) is 4.98 Å². The van der Waals surface area contributed by atoms with Crippen molar-refractivity contribution in [3.63, 3.8) is 0 Å². The Morgan fingerprint density at radius 1 is 1.24 bits per heavy atom. The molecule has 2 rings (SSSR count). The molecule has 21 heavy (non-hydrogen) atoms. The largest absolute Gasteiger partial charge is 0.481 e. The van der Waals surface area contributed by atoms with Crippen LogP contribution in [0.5, 0.6) is 0 Å². The number of pyridine rings is 1. The molecule has 0 atom stereocenters. The van der Waals surface area contributed by atoms with E-state index in [4.69, 9.17) is 0 Å². The van der Waals surface area contributed by atoms with Gasteiger partial charge in [0, 0.05) is 17.2 Å². The molecule has 0 aromatic carbocycles. The molecule has 1 amide bonds. The first kappa shape index (κ1) is 15.9. The number of hydrogen-bond donors (Lipinski definition) is 2. The minimum atomic E-state index is -0.832. The molecular weight excluding hydrogens is 336 g/mol. The monoisotopic (exact) mass is 354 g/mol. The van der Waals surface area contributed by atoms with Gasteiger partial charge >= 0.3 is 5.97 Å². The van der Waals surface area contributed by atoms with Crippen molar-refractivity contribution < 1.29 is 14.7 Å². The fourth-order valence-corrected chi connectivity index (χ4v) is 2.96. The SMILES string of the molecule is O=C(NCC1(C(=O)O)CCCCCC1)c1ccc(Br)cn1. The van der Waals surface area contributed by atoms with E-state index >= 15 is 0 Å². The molecule has 2 N–H and O–H groups in total. The van der Waals surface area contributed by atoms with Crippen LogP contribution in [0.2, 0.25) is 0 Å². The minimum Gasteiger partial charge on any atom is -0.481 e. The molecule has 5 nitrogen and oxygen atoms in total. The predicted octanol–water partition coefficient (Wildman–Crippen LogP) is 3.00. The van der Waals surface area contributed by atoms with Crippen LogP contribution < -0.4 is 5.32 Å². The highest BCUT2D eigenvalue weighted by molar-refractivity contribution is 9.10. The van der Waals surface area contributed by atoms with E-state index in [0.717, 1.165) is 30.2 Å². The zero-order valence-electron chi connectivity index (χ0n) is 11.8. The van der Waals surface area contributed by atoms with E-state index in [1.54, 1.807) is 18.3 Å². The minimum absolute atomic E-state index is 0.166. The number of rotatable bonds is 4. The number of carbonyl (C=O) groups is 2. The van der Waals surface area contributed by atoms with Crippen molar-refractivity contribution in [3.8, 4) is 0 Å². The smallest absolute Gasteiger partial charge is 0.311 e. The van der Waals surface area contributed by atoms with Gasteiger partial charge in [-0.05, 0) is 40.9 Å². The molecule has 1 aromatic rings. The summed E-state index contributed by atoms with van der Waals surface area (Å²) in [6.07, 6.45) is 6.73. The second-order valence-corrected chi connectivity index (χ2v) is 6.46. The number of nitrogens with one attached hydrogen (secondary N) is 1.